The third-order valence-electron chi connectivity index (χ3n) is 3.83. The van der Waals surface area contributed by atoms with Gasteiger partial charge in [-0.3, -0.25) is 20.3 Å². The van der Waals surface area contributed by atoms with Gasteiger partial charge in [0.25, 0.3) is 5.69 Å². The molecule has 0 bridgehead atoms. The summed E-state index contributed by atoms with van der Waals surface area (Å²) in [6, 6.07) is 5.06. The molecule has 1 aliphatic rings. The molecule has 2 N–H and O–H groups in total. The van der Waals surface area contributed by atoms with Gasteiger partial charge in [-0.15, -0.1) is 0 Å². The van der Waals surface area contributed by atoms with Crippen LogP contribution in [0.3, 0.4) is 0 Å². The van der Waals surface area contributed by atoms with Crippen LogP contribution in [0.4, 0.5) is 21.9 Å². The van der Waals surface area contributed by atoms with Gasteiger partial charge in [-0.1, -0.05) is 0 Å². The number of carbonyl (C=O) groups is 1. The zero-order valence-electron chi connectivity index (χ0n) is 12.7. The van der Waals surface area contributed by atoms with E-state index in [1.54, 1.807) is 6.07 Å². The number of hydrogen-bond acceptors (Lipinski definition) is 5. The number of benzene rings is 1. The topological polar surface area (TPSA) is 99.0 Å². The first kappa shape index (κ1) is 16.0. The Hall–Kier alpha value is -2.35. The molecule has 120 valence electrons. The number of carboxylic acid groups (broad SMARTS) is 1. The Kier molecular flexibility index (Phi) is 4.81. The molecule has 0 unspecified atom stereocenters. The maximum Gasteiger partial charge on any atom is 0.409 e. The van der Waals surface area contributed by atoms with Gasteiger partial charge in [0.2, 0.25) is 0 Å². The van der Waals surface area contributed by atoms with E-state index >= 15 is 0 Å². The van der Waals surface area contributed by atoms with Crippen LogP contribution in [-0.2, 0) is 0 Å². The normalized spacial score (nSPS) is 15.9. The van der Waals surface area contributed by atoms with Crippen molar-refractivity contribution >= 4 is 23.2 Å². The predicted molar refractivity (Wildman–Crippen MR) is 83.7 cm³/mol. The molecular formula is C14H20N4O4. The first-order valence-corrected chi connectivity index (χ1v) is 7.16. The quantitative estimate of drug-likeness (QED) is 0.653. The van der Waals surface area contributed by atoms with E-state index in [-0.39, 0.29) is 11.4 Å². The maximum absolute atomic E-state index is 11.1. The van der Waals surface area contributed by atoms with Crippen LogP contribution in [-0.4, -0.2) is 53.2 Å². The molecule has 22 heavy (non-hydrogen) atoms. The largest absolute Gasteiger partial charge is 0.465 e. The Bertz CT molecular complexity index is 568. The second-order valence-corrected chi connectivity index (χ2v) is 5.51. The fraction of sp³-hybridized carbons (Fsp3) is 0.500. The summed E-state index contributed by atoms with van der Waals surface area (Å²) in [5.41, 5.74) is 0.499. The minimum Gasteiger partial charge on any atom is -0.465 e. The van der Waals surface area contributed by atoms with Crippen molar-refractivity contribution in [2.75, 3.05) is 36.4 Å². The van der Waals surface area contributed by atoms with Crippen LogP contribution < -0.4 is 10.2 Å². The molecule has 1 aliphatic heterocycles. The maximum atomic E-state index is 11.1. The van der Waals surface area contributed by atoms with Crippen LogP contribution in [0.5, 0.6) is 0 Å². The van der Waals surface area contributed by atoms with Crippen molar-refractivity contribution in [3.8, 4) is 0 Å². The van der Waals surface area contributed by atoms with Gasteiger partial charge >= 0.3 is 6.09 Å². The minimum absolute atomic E-state index is 0.0120. The predicted octanol–water partition coefficient (Wildman–Crippen LogP) is 2.22. The van der Waals surface area contributed by atoms with Gasteiger partial charge in [-0.2, -0.15) is 0 Å². The van der Waals surface area contributed by atoms with E-state index in [1.807, 2.05) is 0 Å². The van der Waals surface area contributed by atoms with Crippen molar-refractivity contribution in [2.24, 2.45) is 0 Å². The summed E-state index contributed by atoms with van der Waals surface area (Å²) < 4.78 is 0. The Labute approximate surface area is 128 Å². The number of hydrogen-bond donors (Lipinski definition) is 2. The number of nitro benzene ring substituents is 1. The summed E-state index contributed by atoms with van der Waals surface area (Å²) in [4.78, 5) is 25.7. The minimum atomic E-state index is -1.32. The summed E-state index contributed by atoms with van der Waals surface area (Å²) >= 11 is 0. The molecule has 1 amide bonds. The Morgan fingerprint density at radius 2 is 1.95 bits per heavy atom. The van der Waals surface area contributed by atoms with E-state index in [9.17, 15) is 14.9 Å². The van der Waals surface area contributed by atoms with E-state index in [0.29, 0.717) is 6.04 Å². The number of amides is 1. The lowest BCUT2D eigenvalue weighted by atomic mass is 10.2. The van der Waals surface area contributed by atoms with Crippen LogP contribution in [0.2, 0.25) is 0 Å². The first-order chi connectivity index (χ1) is 10.4. The smallest absolute Gasteiger partial charge is 0.409 e. The lowest BCUT2D eigenvalue weighted by molar-refractivity contribution is -0.383. The monoisotopic (exact) mass is 308 g/mol. The van der Waals surface area contributed by atoms with E-state index in [2.05, 4.69) is 29.0 Å². The van der Waals surface area contributed by atoms with Crippen LogP contribution in [0.25, 0.3) is 0 Å². The number of nitrogens with zero attached hydrogens (tertiary/aromatic N) is 3. The zero-order valence-corrected chi connectivity index (χ0v) is 12.7. The molecule has 1 saturated heterocycles. The SMILES string of the molecule is CC(C)N1CCN(c2ccc(NC(=O)O)c([N+](=O)[O-])c2)CC1. The van der Waals surface area contributed by atoms with Crippen molar-refractivity contribution in [1.29, 1.82) is 0 Å². The molecule has 0 aliphatic carbocycles. The summed E-state index contributed by atoms with van der Waals surface area (Å²) in [6.07, 6.45) is -1.32. The van der Waals surface area contributed by atoms with Crippen molar-refractivity contribution in [2.45, 2.75) is 19.9 Å². The highest BCUT2D eigenvalue weighted by Gasteiger charge is 2.22. The van der Waals surface area contributed by atoms with Crippen molar-refractivity contribution in [1.82, 2.24) is 4.90 Å². The van der Waals surface area contributed by atoms with E-state index < -0.39 is 11.0 Å². The van der Waals surface area contributed by atoms with Gasteiger partial charge in [0.1, 0.15) is 5.69 Å². The Morgan fingerprint density at radius 1 is 1.32 bits per heavy atom. The molecule has 8 heteroatoms. The number of anilines is 2. The Balaban J connectivity index is 2.17. The van der Waals surface area contributed by atoms with Crippen molar-refractivity contribution in [3.63, 3.8) is 0 Å². The second-order valence-electron chi connectivity index (χ2n) is 5.51. The molecule has 0 radical (unpaired) electrons. The molecule has 1 fully saturated rings. The third-order valence-corrected chi connectivity index (χ3v) is 3.83. The summed E-state index contributed by atoms with van der Waals surface area (Å²) in [5, 5.41) is 21.9. The van der Waals surface area contributed by atoms with Gasteiger partial charge in [0.15, 0.2) is 0 Å². The fourth-order valence-corrected chi connectivity index (χ4v) is 2.59. The van der Waals surface area contributed by atoms with Crippen LogP contribution >= 0.6 is 0 Å². The first-order valence-electron chi connectivity index (χ1n) is 7.16. The molecular weight excluding hydrogens is 288 g/mol. The van der Waals surface area contributed by atoms with Gasteiger partial charge in [-0.05, 0) is 26.0 Å². The number of nitro groups is 1. The van der Waals surface area contributed by atoms with Crippen LogP contribution in [0.15, 0.2) is 18.2 Å². The van der Waals surface area contributed by atoms with Gasteiger partial charge in [0.05, 0.1) is 4.92 Å². The van der Waals surface area contributed by atoms with E-state index in [0.717, 1.165) is 31.9 Å². The van der Waals surface area contributed by atoms with Crippen LogP contribution in [0, 0.1) is 10.1 Å². The summed E-state index contributed by atoms with van der Waals surface area (Å²) in [5.74, 6) is 0. The lowest BCUT2D eigenvalue weighted by Gasteiger charge is -2.38. The van der Waals surface area contributed by atoms with Crippen molar-refractivity contribution in [3.05, 3.63) is 28.3 Å². The molecule has 0 saturated carbocycles. The summed E-state index contributed by atoms with van der Waals surface area (Å²) in [6.45, 7) is 7.68. The Morgan fingerprint density at radius 3 is 2.45 bits per heavy atom. The van der Waals surface area contributed by atoms with Gasteiger partial charge in [0, 0.05) is 44.0 Å². The lowest BCUT2D eigenvalue weighted by Crippen LogP contribution is -2.48. The van der Waals surface area contributed by atoms with Gasteiger partial charge < -0.3 is 10.0 Å². The fourth-order valence-electron chi connectivity index (χ4n) is 2.59. The number of piperazine rings is 1. The van der Waals surface area contributed by atoms with Gasteiger partial charge in [-0.25, -0.2) is 4.79 Å². The highest BCUT2D eigenvalue weighted by atomic mass is 16.6. The average Bonchev–Trinajstić information content (AvgIpc) is 2.47. The molecule has 0 aromatic heterocycles. The molecule has 1 aromatic carbocycles. The third kappa shape index (κ3) is 3.64. The van der Waals surface area contributed by atoms with E-state index in [1.165, 1.54) is 12.1 Å². The molecule has 0 atom stereocenters. The number of nitrogens with one attached hydrogen (secondary N) is 1. The molecule has 2 rings (SSSR count). The highest BCUT2D eigenvalue weighted by molar-refractivity contribution is 5.87. The highest BCUT2D eigenvalue weighted by Crippen LogP contribution is 2.30. The standard InChI is InChI=1S/C14H20N4O4/c1-10(2)16-5-7-17(8-6-16)11-3-4-12(15-14(19)20)13(9-11)18(21)22/h3-4,9-10,15H,5-8H2,1-2H3,(H,19,20). The molecule has 1 aromatic rings. The second kappa shape index (κ2) is 6.61. The summed E-state index contributed by atoms with van der Waals surface area (Å²) in [7, 11) is 0. The van der Waals surface area contributed by atoms with E-state index in [4.69, 9.17) is 5.11 Å². The zero-order chi connectivity index (χ0) is 16.3. The van der Waals surface area contributed by atoms with Crippen LogP contribution in [0.1, 0.15) is 13.8 Å². The average molecular weight is 308 g/mol. The number of rotatable bonds is 4. The van der Waals surface area contributed by atoms with Crippen molar-refractivity contribution < 1.29 is 14.8 Å². The molecule has 8 nitrogen and oxygen atoms in total. The molecule has 0 spiro atoms. The molecule has 1 heterocycles.